The first kappa shape index (κ1) is 21.2. The van der Waals surface area contributed by atoms with E-state index in [1.165, 1.54) is 24.4 Å². The Labute approximate surface area is 172 Å². The van der Waals surface area contributed by atoms with E-state index in [1.54, 1.807) is 11.8 Å². The van der Waals surface area contributed by atoms with Gasteiger partial charge in [-0.3, -0.25) is 9.59 Å². The minimum atomic E-state index is -1.20. The molecule has 8 nitrogen and oxygen atoms in total. The van der Waals surface area contributed by atoms with Crippen LogP contribution >= 0.6 is 0 Å². The quantitative estimate of drug-likeness (QED) is 0.698. The van der Waals surface area contributed by atoms with E-state index < -0.39 is 17.7 Å². The highest BCUT2D eigenvalue weighted by molar-refractivity contribution is 6.05. The van der Waals surface area contributed by atoms with Crippen molar-refractivity contribution in [2.24, 2.45) is 5.92 Å². The molecule has 30 heavy (non-hydrogen) atoms. The number of nitrogens with zero attached hydrogens (tertiary/aromatic N) is 2. The second-order valence-corrected chi connectivity index (χ2v) is 6.90. The number of amides is 1. The maximum absolute atomic E-state index is 13.0. The van der Waals surface area contributed by atoms with Gasteiger partial charge in [0, 0.05) is 18.7 Å². The standard InChI is InChI=1S/C21H22FN3O5/c1-2-30-21(29)14-4-3-9-25(12-14)18-17(20(27)28)10-16(11-23-18)24-19(26)13-5-7-15(22)8-6-13/h5-8,10-11,14H,2-4,9,12H2,1H3,(H,24,26)(H,27,28)/t14-/m1/s1. The van der Waals surface area contributed by atoms with Crippen molar-refractivity contribution in [1.29, 1.82) is 0 Å². The highest BCUT2D eigenvalue weighted by atomic mass is 19.1. The molecule has 0 saturated carbocycles. The van der Waals surface area contributed by atoms with Crippen molar-refractivity contribution < 1.29 is 28.6 Å². The number of carbonyl (C=O) groups is 3. The minimum absolute atomic E-state index is 0.0867. The van der Waals surface area contributed by atoms with Crippen molar-refractivity contribution in [2.45, 2.75) is 19.8 Å². The molecule has 1 aliphatic heterocycles. The molecule has 1 aliphatic rings. The van der Waals surface area contributed by atoms with Crippen molar-refractivity contribution in [3.05, 3.63) is 53.5 Å². The first-order valence-corrected chi connectivity index (χ1v) is 9.61. The van der Waals surface area contributed by atoms with Crippen LogP contribution in [0.1, 0.15) is 40.5 Å². The summed E-state index contributed by atoms with van der Waals surface area (Å²) in [5.41, 5.74) is 0.339. The molecule has 9 heteroatoms. The molecule has 0 bridgehead atoms. The van der Waals surface area contributed by atoms with Gasteiger partial charge < -0.3 is 20.1 Å². The zero-order valence-electron chi connectivity index (χ0n) is 16.4. The highest BCUT2D eigenvalue weighted by Gasteiger charge is 2.29. The second kappa shape index (κ2) is 9.34. The fraction of sp³-hybridized carbons (Fsp3) is 0.333. The van der Waals surface area contributed by atoms with Gasteiger partial charge in [0.25, 0.3) is 5.91 Å². The highest BCUT2D eigenvalue weighted by Crippen LogP contribution is 2.27. The number of ether oxygens (including phenoxy) is 1. The topological polar surface area (TPSA) is 109 Å². The molecule has 1 atom stereocenters. The third kappa shape index (κ3) is 4.91. The van der Waals surface area contributed by atoms with Gasteiger partial charge in [-0.2, -0.15) is 0 Å². The van der Waals surface area contributed by atoms with Crippen LogP contribution in [0.5, 0.6) is 0 Å². The van der Waals surface area contributed by atoms with Crippen LogP contribution in [-0.4, -0.2) is 47.6 Å². The van der Waals surface area contributed by atoms with Gasteiger partial charge in [0.15, 0.2) is 0 Å². The van der Waals surface area contributed by atoms with Crippen molar-refractivity contribution in [2.75, 3.05) is 29.9 Å². The van der Waals surface area contributed by atoms with Gasteiger partial charge in [0.1, 0.15) is 17.2 Å². The Balaban J connectivity index is 1.79. The fourth-order valence-electron chi connectivity index (χ4n) is 3.36. The number of carboxylic acids is 1. The van der Waals surface area contributed by atoms with E-state index in [2.05, 4.69) is 10.3 Å². The van der Waals surface area contributed by atoms with Crippen LogP contribution in [0.3, 0.4) is 0 Å². The number of piperidine rings is 1. The number of carbonyl (C=O) groups excluding carboxylic acids is 2. The Morgan fingerprint density at radius 2 is 2.03 bits per heavy atom. The Hall–Kier alpha value is -3.49. The van der Waals surface area contributed by atoms with Crippen LogP contribution in [0.25, 0.3) is 0 Å². The average molecular weight is 415 g/mol. The number of aromatic nitrogens is 1. The normalized spacial score (nSPS) is 16.1. The van der Waals surface area contributed by atoms with Crippen LogP contribution in [0.4, 0.5) is 15.9 Å². The third-order valence-corrected chi connectivity index (χ3v) is 4.80. The van der Waals surface area contributed by atoms with Crippen LogP contribution < -0.4 is 10.2 Å². The first-order valence-electron chi connectivity index (χ1n) is 9.61. The SMILES string of the molecule is CCOC(=O)[C@@H]1CCCN(c2ncc(NC(=O)c3ccc(F)cc3)cc2C(=O)O)C1. The second-order valence-electron chi connectivity index (χ2n) is 6.90. The number of hydrogen-bond acceptors (Lipinski definition) is 6. The summed E-state index contributed by atoms with van der Waals surface area (Å²) in [6.45, 7) is 2.90. The maximum atomic E-state index is 13.0. The molecule has 2 aromatic rings. The van der Waals surface area contributed by atoms with E-state index in [1.807, 2.05) is 0 Å². The van der Waals surface area contributed by atoms with Gasteiger partial charge in [-0.1, -0.05) is 0 Å². The Morgan fingerprint density at radius 3 is 2.70 bits per heavy atom. The van der Waals surface area contributed by atoms with Crippen molar-refractivity contribution in [3.63, 3.8) is 0 Å². The summed E-state index contributed by atoms with van der Waals surface area (Å²) < 4.78 is 18.1. The number of anilines is 2. The number of pyridine rings is 1. The van der Waals surface area contributed by atoms with Gasteiger partial charge in [0.05, 0.1) is 24.4 Å². The van der Waals surface area contributed by atoms with Crippen LogP contribution in [0.15, 0.2) is 36.5 Å². The van der Waals surface area contributed by atoms with Crippen LogP contribution in [-0.2, 0) is 9.53 Å². The molecule has 3 rings (SSSR count). The van der Waals surface area contributed by atoms with Crippen molar-refractivity contribution in [1.82, 2.24) is 4.98 Å². The molecule has 1 aromatic carbocycles. The number of carboxylic acid groups (broad SMARTS) is 1. The molecule has 158 valence electrons. The van der Waals surface area contributed by atoms with E-state index >= 15 is 0 Å². The predicted octanol–water partition coefficient (Wildman–Crippen LogP) is 2.95. The van der Waals surface area contributed by atoms with Crippen molar-refractivity contribution >= 4 is 29.4 Å². The summed E-state index contributed by atoms with van der Waals surface area (Å²) in [5, 5.41) is 12.2. The molecule has 0 aliphatic carbocycles. The molecular formula is C21H22FN3O5. The van der Waals surface area contributed by atoms with E-state index in [0.29, 0.717) is 25.9 Å². The molecule has 0 unspecified atom stereocenters. The van der Waals surface area contributed by atoms with Crippen molar-refractivity contribution in [3.8, 4) is 0 Å². The number of halogens is 1. The van der Waals surface area contributed by atoms with Gasteiger partial charge >= 0.3 is 11.9 Å². The molecule has 0 spiro atoms. The zero-order valence-corrected chi connectivity index (χ0v) is 16.4. The molecule has 0 radical (unpaired) electrons. The number of rotatable bonds is 6. The lowest BCUT2D eigenvalue weighted by Crippen LogP contribution is -2.40. The summed E-state index contributed by atoms with van der Waals surface area (Å²) in [4.78, 5) is 42.2. The van der Waals surface area contributed by atoms with Gasteiger partial charge in [-0.25, -0.2) is 14.2 Å². The van der Waals surface area contributed by atoms with Gasteiger partial charge in [-0.15, -0.1) is 0 Å². The lowest BCUT2D eigenvalue weighted by atomic mass is 9.98. The fourth-order valence-corrected chi connectivity index (χ4v) is 3.36. The molecule has 2 heterocycles. The minimum Gasteiger partial charge on any atom is -0.478 e. The molecule has 1 fully saturated rings. The number of nitrogens with one attached hydrogen (secondary N) is 1. The van der Waals surface area contributed by atoms with E-state index in [4.69, 9.17) is 4.74 Å². The lowest BCUT2D eigenvalue weighted by molar-refractivity contribution is -0.148. The number of benzene rings is 1. The predicted molar refractivity (Wildman–Crippen MR) is 107 cm³/mol. The summed E-state index contributed by atoms with van der Waals surface area (Å²) in [5.74, 6) is -2.60. The Bertz CT molecular complexity index is 948. The average Bonchev–Trinajstić information content (AvgIpc) is 2.74. The summed E-state index contributed by atoms with van der Waals surface area (Å²) in [6, 6.07) is 6.30. The third-order valence-electron chi connectivity index (χ3n) is 4.80. The Morgan fingerprint density at radius 1 is 1.30 bits per heavy atom. The first-order chi connectivity index (χ1) is 14.4. The molecule has 2 N–H and O–H groups in total. The summed E-state index contributed by atoms with van der Waals surface area (Å²) in [6.07, 6.45) is 2.73. The van der Waals surface area contributed by atoms with Gasteiger partial charge in [-0.05, 0) is 50.1 Å². The number of hydrogen-bond donors (Lipinski definition) is 2. The van der Waals surface area contributed by atoms with E-state index in [-0.39, 0.29) is 41.1 Å². The lowest BCUT2D eigenvalue weighted by Gasteiger charge is -2.33. The van der Waals surface area contributed by atoms with E-state index in [9.17, 15) is 23.9 Å². The van der Waals surface area contributed by atoms with Gasteiger partial charge in [0.2, 0.25) is 0 Å². The van der Waals surface area contributed by atoms with Crippen LogP contribution in [0.2, 0.25) is 0 Å². The summed E-state index contributed by atoms with van der Waals surface area (Å²) in [7, 11) is 0. The number of aromatic carboxylic acids is 1. The smallest absolute Gasteiger partial charge is 0.339 e. The molecular weight excluding hydrogens is 393 g/mol. The monoisotopic (exact) mass is 415 g/mol. The number of esters is 1. The molecule has 1 saturated heterocycles. The zero-order chi connectivity index (χ0) is 21.7. The largest absolute Gasteiger partial charge is 0.478 e. The van der Waals surface area contributed by atoms with E-state index in [0.717, 1.165) is 12.1 Å². The Kier molecular flexibility index (Phi) is 6.61. The summed E-state index contributed by atoms with van der Waals surface area (Å²) >= 11 is 0. The maximum Gasteiger partial charge on any atom is 0.339 e. The molecule has 1 amide bonds. The molecule has 1 aromatic heterocycles. The van der Waals surface area contributed by atoms with Crippen LogP contribution in [0, 0.1) is 11.7 Å².